The van der Waals surface area contributed by atoms with Crippen LogP contribution < -0.4 is 5.32 Å². The summed E-state index contributed by atoms with van der Waals surface area (Å²) in [6.45, 7) is 6.05. The Balaban J connectivity index is 1.96. The maximum Gasteiger partial charge on any atom is 0.223 e. The lowest BCUT2D eigenvalue weighted by Crippen LogP contribution is -2.28. The summed E-state index contributed by atoms with van der Waals surface area (Å²) in [5.74, 6) is -0.150. The molecule has 0 saturated carbocycles. The Bertz CT molecular complexity index is 617. The molecule has 116 valence electrons. The lowest BCUT2D eigenvalue weighted by Gasteiger charge is -2.17. The van der Waals surface area contributed by atoms with E-state index in [0.717, 1.165) is 11.1 Å². The van der Waals surface area contributed by atoms with Gasteiger partial charge in [-0.25, -0.2) is 0 Å². The summed E-state index contributed by atoms with van der Waals surface area (Å²) in [6.07, 6.45) is -0.702. The molecule has 0 radical (unpaired) electrons. The molecule has 0 fully saturated rings. The molecule has 0 bridgehead atoms. The van der Waals surface area contributed by atoms with Gasteiger partial charge in [-0.1, -0.05) is 59.7 Å². The largest absolute Gasteiger partial charge is 0.388 e. The highest BCUT2D eigenvalue weighted by atomic mass is 16.3. The summed E-state index contributed by atoms with van der Waals surface area (Å²) in [4.78, 5) is 12.1. The number of carbonyl (C=O) groups is 1. The fourth-order valence-electron chi connectivity index (χ4n) is 2.61. The van der Waals surface area contributed by atoms with Crippen LogP contribution in [0.3, 0.4) is 0 Å². The van der Waals surface area contributed by atoms with Gasteiger partial charge in [-0.15, -0.1) is 0 Å². The van der Waals surface area contributed by atoms with Crippen LogP contribution in [0.25, 0.3) is 0 Å². The van der Waals surface area contributed by atoms with Gasteiger partial charge in [-0.3, -0.25) is 4.79 Å². The fraction of sp³-hybridized carbons (Fsp3) is 0.316. The van der Waals surface area contributed by atoms with Crippen molar-refractivity contribution in [3.8, 4) is 0 Å². The summed E-state index contributed by atoms with van der Waals surface area (Å²) >= 11 is 0. The molecule has 2 N–H and O–H groups in total. The molecule has 1 amide bonds. The molecule has 0 aliphatic rings. The molecule has 0 aliphatic carbocycles. The molecule has 0 aliphatic heterocycles. The van der Waals surface area contributed by atoms with Crippen LogP contribution in [-0.2, 0) is 4.79 Å². The zero-order chi connectivity index (χ0) is 16.1. The molecule has 3 heteroatoms. The predicted octanol–water partition coefficient (Wildman–Crippen LogP) is 3.60. The topological polar surface area (TPSA) is 49.3 Å². The number of aliphatic hydroxyl groups is 1. The SMILES string of the molecule is Cc1cc(C)cc(C(C)NC(=O)CC(O)c2ccccc2)c1. The first-order valence-electron chi connectivity index (χ1n) is 7.56. The highest BCUT2D eigenvalue weighted by Crippen LogP contribution is 2.19. The molecule has 3 nitrogen and oxygen atoms in total. The molecule has 2 unspecified atom stereocenters. The van der Waals surface area contributed by atoms with E-state index in [1.54, 1.807) is 0 Å². The number of hydrogen-bond acceptors (Lipinski definition) is 2. The highest BCUT2D eigenvalue weighted by Gasteiger charge is 2.15. The number of rotatable bonds is 5. The van der Waals surface area contributed by atoms with E-state index in [2.05, 4.69) is 23.5 Å². The van der Waals surface area contributed by atoms with E-state index < -0.39 is 6.10 Å². The lowest BCUT2D eigenvalue weighted by molar-refractivity contribution is -0.123. The van der Waals surface area contributed by atoms with Crippen molar-refractivity contribution in [3.63, 3.8) is 0 Å². The summed E-state index contributed by atoms with van der Waals surface area (Å²) in [7, 11) is 0. The first kappa shape index (κ1) is 16.2. The highest BCUT2D eigenvalue weighted by molar-refractivity contribution is 5.77. The molecule has 2 aromatic rings. The van der Waals surface area contributed by atoms with Crippen molar-refractivity contribution in [2.75, 3.05) is 0 Å². The predicted molar refractivity (Wildman–Crippen MR) is 88.5 cm³/mol. The van der Waals surface area contributed by atoms with Crippen molar-refractivity contribution < 1.29 is 9.90 Å². The number of amides is 1. The fourth-order valence-corrected chi connectivity index (χ4v) is 2.61. The van der Waals surface area contributed by atoms with Crippen LogP contribution >= 0.6 is 0 Å². The molecular weight excluding hydrogens is 274 g/mol. The molecule has 2 rings (SSSR count). The average Bonchev–Trinajstić information content (AvgIpc) is 2.47. The Hall–Kier alpha value is -2.13. The molecule has 2 aromatic carbocycles. The average molecular weight is 297 g/mol. The monoisotopic (exact) mass is 297 g/mol. The third-order valence-corrected chi connectivity index (χ3v) is 3.68. The van der Waals surface area contributed by atoms with Crippen molar-refractivity contribution in [3.05, 3.63) is 70.8 Å². The van der Waals surface area contributed by atoms with Crippen LogP contribution in [0.1, 0.15) is 47.7 Å². The van der Waals surface area contributed by atoms with E-state index in [-0.39, 0.29) is 18.4 Å². The van der Waals surface area contributed by atoms with Crippen LogP contribution in [0.15, 0.2) is 48.5 Å². The summed E-state index contributed by atoms with van der Waals surface area (Å²) in [5.41, 5.74) is 4.21. The van der Waals surface area contributed by atoms with Gasteiger partial charge in [-0.05, 0) is 31.9 Å². The molecule has 0 saturated heterocycles. The number of nitrogens with one attached hydrogen (secondary N) is 1. The number of aliphatic hydroxyl groups excluding tert-OH is 1. The van der Waals surface area contributed by atoms with Crippen LogP contribution in [-0.4, -0.2) is 11.0 Å². The van der Waals surface area contributed by atoms with E-state index >= 15 is 0 Å². The van der Waals surface area contributed by atoms with Gasteiger partial charge in [0.1, 0.15) is 0 Å². The minimum Gasteiger partial charge on any atom is -0.388 e. The van der Waals surface area contributed by atoms with Gasteiger partial charge in [0.2, 0.25) is 5.91 Å². The Morgan fingerprint density at radius 2 is 1.64 bits per heavy atom. The second kappa shape index (κ2) is 7.23. The zero-order valence-electron chi connectivity index (χ0n) is 13.3. The van der Waals surface area contributed by atoms with Crippen LogP contribution in [0, 0.1) is 13.8 Å². The molecule has 2 atom stereocenters. The summed E-state index contributed by atoms with van der Waals surface area (Å²) in [5, 5.41) is 13.1. The standard InChI is InChI=1S/C19H23NO2/c1-13-9-14(2)11-17(10-13)15(3)20-19(22)12-18(21)16-7-5-4-6-8-16/h4-11,15,18,21H,12H2,1-3H3,(H,20,22). The van der Waals surface area contributed by atoms with Crippen LogP contribution in [0.4, 0.5) is 0 Å². The van der Waals surface area contributed by atoms with E-state index in [4.69, 9.17) is 0 Å². The molecule has 0 spiro atoms. The molecule has 0 aromatic heterocycles. The number of hydrogen-bond donors (Lipinski definition) is 2. The van der Waals surface area contributed by atoms with E-state index in [0.29, 0.717) is 0 Å². The zero-order valence-corrected chi connectivity index (χ0v) is 13.3. The van der Waals surface area contributed by atoms with Gasteiger partial charge in [0.15, 0.2) is 0 Å². The number of carbonyl (C=O) groups excluding carboxylic acids is 1. The third kappa shape index (κ3) is 4.43. The first-order valence-corrected chi connectivity index (χ1v) is 7.56. The molecule has 0 heterocycles. The smallest absolute Gasteiger partial charge is 0.223 e. The molecular formula is C19H23NO2. The van der Waals surface area contributed by atoms with Gasteiger partial charge in [0.25, 0.3) is 0 Å². The summed E-state index contributed by atoms with van der Waals surface area (Å²) in [6, 6.07) is 15.4. The molecule has 22 heavy (non-hydrogen) atoms. The Morgan fingerprint density at radius 1 is 1.05 bits per heavy atom. The normalized spacial score (nSPS) is 13.5. The minimum absolute atomic E-state index is 0.0686. The second-order valence-corrected chi connectivity index (χ2v) is 5.84. The maximum absolute atomic E-state index is 12.1. The first-order chi connectivity index (χ1) is 10.5. The van der Waals surface area contributed by atoms with Crippen molar-refractivity contribution in [1.29, 1.82) is 0 Å². The third-order valence-electron chi connectivity index (χ3n) is 3.68. The van der Waals surface area contributed by atoms with Crippen molar-refractivity contribution >= 4 is 5.91 Å². The minimum atomic E-state index is -0.771. The van der Waals surface area contributed by atoms with Gasteiger partial charge >= 0.3 is 0 Å². The lowest BCUT2D eigenvalue weighted by atomic mass is 10.0. The Morgan fingerprint density at radius 3 is 2.23 bits per heavy atom. The maximum atomic E-state index is 12.1. The van der Waals surface area contributed by atoms with E-state index in [9.17, 15) is 9.90 Å². The quantitative estimate of drug-likeness (QED) is 0.886. The van der Waals surface area contributed by atoms with Crippen LogP contribution in [0.2, 0.25) is 0 Å². The van der Waals surface area contributed by atoms with Gasteiger partial charge in [-0.2, -0.15) is 0 Å². The summed E-state index contributed by atoms with van der Waals surface area (Å²) < 4.78 is 0. The van der Waals surface area contributed by atoms with E-state index in [1.807, 2.05) is 51.1 Å². The van der Waals surface area contributed by atoms with Crippen molar-refractivity contribution in [2.45, 2.75) is 39.3 Å². The van der Waals surface area contributed by atoms with Gasteiger partial charge < -0.3 is 10.4 Å². The number of benzene rings is 2. The Labute approximate surface area is 132 Å². The second-order valence-electron chi connectivity index (χ2n) is 5.84. The number of aryl methyl sites for hydroxylation is 2. The van der Waals surface area contributed by atoms with Gasteiger partial charge in [0.05, 0.1) is 18.6 Å². The van der Waals surface area contributed by atoms with Crippen LogP contribution in [0.5, 0.6) is 0 Å². The van der Waals surface area contributed by atoms with Crippen molar-refractivity contribution in [1.82, 2.24) is 5.32 Å². The van der Waals surface area contributed by atoms with Crippen molar-refractivity contribution in [2.24, 2.45) is 0 Å². The Kier molecular flexibility index (Phi) is 5.34. The van der Waals surface area contributed by atoms with Gasteiger partial charge in [0, 0.05) is 0 Å². The van der Waals surface area contributed by atoms with E-state index in [1.165, 1.54) is 11.1 Å².